The van der Waals surface area contributed by atoms with Crippen LogP contribution in [0.3, 0.4) is 0 Å². The van der Waals surface area contributed by atoms with Crippen molar-refractivity contribution in [3.05, 3.63) is 65.2 Å². The number of benzene rings is 2. The fraction of sp³-hybridized carbons (Fsp3) is 0.278. The lowest BCUT2D eigenvalue weighted by molar-refractivity contribution is 0.0961. The van der Waals surface area contributed by atoms with Gasteiger partial charge in [-0.2, -0.15) is 0 Å². The molecule has 0 aromatic heterocycles. The van der Waals surface area contributed by atoms with Crippen molar-refractivity contribution >= 4 is 5.91 Å². The summed E-state index contributed by atoms with van der Waals surface area (Å²) in [6.07, 6.45) is 1.86. The van der Waals surface area contributed by atoms with Crippen LogP contribution in [-0.4, -0.2) is 19.6 Å². The van der Waals surface area contributed by atoms with Gasteiger partial charge >= 0.3 is 0 Å². The van der Waals surface area contributed by atoms with E-state index in [0.29, 0.717) is 12.5 Å². The van der Waals surface area contributed by atoms with E-state index in [2.05, 4.69) is 11.4 Å². The van der Waals surface area contributed by atoms with Gasteiger partial charge in [0.25, 0.3) is 5.91 Å². The van der Waals surface area contributed by atoms with Crippen LogP contribution in [0.1, 0.15) is 21.5 Å². The molecule has 1 N–H and O–H groups in total. The molecule has 3 rings (SSSR count). The van der Waals surface area contributed by atoms with E-state index < -0.39 is 0 Å². The maximum Gasteiger partial charge on any atom is 0.251 e. The average molecular weight is 281 g/mol. The van der Waals surface area contributed by atoms with Crippen LogP contribution in [0.15, 0.2) is 48.5 Å². The minimum atomic E-state index is -0.0253. The van der Waals surface area contributed by atoms with E-state index in [4.69, 9.17) is 4.74 Å². The van der Waals surface area contributed by atoms with E-state index in [-0.39, 0.29) is 5.91 Å². The van der Waals surface area contributed by atoms with E-state index in [9.17, 15) is 4.79 Å². The largest absolute Gasteiger partial charge is 0.493 e. The van der Waals surface area contributed by atoms with Crippen LogP contribution in [0.4, 0.5) is 0 Å². The summed E-state index contributed by atoms with van der Waals surface area (Å²) >= 11 is 0. The smallest absolute Gasteiger partial charge is 0.251 e. The molecular formula is C18H19NO2. The van der Waals surface area contributed by atoms with Crippen LogP contribution in [0.25, 0.3) is 0 Å². The van der Waals surface area contributed by atoms with Gasteiger partial charge < -0.3 is 10.1 Å². The first-order valence-electron chi connectivity index (χ1n) is 7.28. The molecule has 2 aromatic rings. The molecule has 0 saturated carbocycles. The number of ether oxygens (including phenoxy) is 1. The van der Waals surface area contributed by atoms with Crippen molar-refractivity contribution in [1.29, 1.82) is 0 Å². The van der Waals surface area contributed by atoms with Gasteiger partial charge in [-0.15, -0.1) is 0 Å². The molecule has 21 heavy (non-hydrogen) atoms. The van der Waals surface area contributed by atoms with Gasteiger partial charge in [0.05, 0.1) is 6.61 Å². The van der Waals surface area contributed by atoms with E-state index in [1.165, 1.54) is 5.56 Å². The van der Waals surface area contributed by atoms with E-state index in [1.54, 1.807) is 7.05 Å². The second-order valence-corrected chi connectivity index (χ2v) is 5.43. The Morgan fingerprint density at radius 1 is 1.19 bits per heavy atom. The molecule has 1 unspecified atom stereocenters. The zero-order chi connectivity index (χ0) is 14.7. The first-order chi connectivity index (χ1) is 10.3. The van der Waals surface area contributed by atoms with Gasteiger partial charge in [0.15, 0.2) is 0 Å². The Hall–Kier alpha value is -2.29. The zero-order valence-corrected chi connectivity index (χ0v) is 12.1. The first kappa shape index (κ1) is 13.7. The van der Waals surface area contributed by atoms with Crippen molar-refractivity contribution in [2.24, 2.45) is 5.92 Å². The Bertz CT molecular complexity index is 651. The van der Waals surface area contributed by atoms with Gasteiger partial charge in [0.1, 0.15) is 5.75 Å². The first-order valence-corrected chi connectivity index (χ1v) is 7.28. The maximum absolute atomic E-state index is 11.9. The third-order valence-electron chi connectivity index (χ3n) is 3.95. The van der Waals surface area contributed by atoms with Gasteiger partial charge in [-0.1, -0.05) is 36.4 Å². The fourth-order valence-electron chi connectivity index (χ4n) is 2.89. The number of carbonyl (C=O) groups is 1. The molecule has 0 spiro atoms. The predicted molar refractivity (Wildman–Crippen MR) is 82.7 cm³/mol. The predicted octanol–water partition coefficient (Wildman–Crippen LogP) is 2.84. The highest BCUT2D eigenvalue weighted by Gasteiger charge is 2.21. The number of hydrogen-bond donors (Lipinski definition) is 1. The second kappa shape index (κ2) is 6.00. The quantitative estimate of drug-likeness (QED) is 0.939. The molecule has 0 fully saturated rings. The van der Waals surface area contributed by atoms with Gasteiger partial charge in [-0.3, -0.25) is 4.79 Å². The van der Waals surface area contributed by atoms with Gasteiger partial charge in [-0.05, 0) is 36.1 Å². The number of fused-ring (bicyclic) bond motifs is 1. The summed E-state index contributed by atoms with van der Waals surface area (Å²) in [6, 6.07) is 16.0. The molecular weight excluding hydrogens is 262 g/mol. The number of carbonyl (C=O) groups excluding carboxylic acids is 1. The highest BCUT2D eigenvalue weighted by Crippen LogP contribution is 2.29. The Morgan fingerprint density at radius 3 is 2.81 bits per heavy atom. The molecule has 3 nitrogen and oxygen atoms in total. The highest BCUT2D eigenvalue weighted by atomic mass is 16.5. The third kappa shape index (κ3) is 2.92. The molecule has 3 heteroatoms. The minimum Gasteiger partial charge on any atom is -0.493 e. The Morgan fingerprint density at radius 2 is 1.95 bits per heavy atom. The molecule has 0 radical (unpaired) electrons. The molecule has 0 bridgehead atoms. The lowest BCUT2D eigenvalue weighted by atomic mass is 9.89. The van der Waals surface area contributed by atoms with Crippen molar-refractivity contribution in [3.63, 3.8) is 0 Å². The number of para-hydroxylation sites is 1. The Balaban J connectivity index is 1.78. The summed E-state index contributed by atoms with van der Waals surface area (Å²) in [7, 11) is 1.67. The van der Waals surface area contributed by atoms with Gasteiger partial charge in [0.2, 0.25) is 0 Å². The van der Waals surface area contributed by atoms with Crippen molar-refractivity contribution in [2.45, 2.75) is 12.8 Å². The fourth-order valence-corrected chi connectivity index (χ4v) is 2.89. The molecule has 1 atom stereocenters. The topological polar surface area (TPSA) is 38.3 Å². The van der Waals surface area contributed by atoms with E-state index in [0.717, 1.165) is 29.7 Å². The Labute approximate surface area is 124 Å². The van der Waals surface area contributed by atoms with Crippen LogP contribution in [0.5, 0.6) is 5.75 Å². The average Bonchev–Trinajstić information content (AvgIpc) is 2.54. The Kier molecular flexibility index (Phi) is 3.91. The summed E-state index contributed by atoms with van der Waals surface area (Å²) in [5, 5.41) is 2.70. The SMILES string of the molecule is CNC(=O)c1ccccc1CC1COc2ccccc2C1. The van der Waals surface area contributed by atoms with Crippen molar-refractivity contribution in [1.82, 2.24) is 5.32 Å². The third-order valence-corrected chi connectivity index (χ3v) is 3.95. The van der Waals surface area contributed by atoms with Crippen LogP contribution in [0.2, 0.25) is 0 Å². The van der Waals surface area contributed by atoms with Crippen molar-refractivity contribution in [3.8, 4) is 5.75 Å². The second-order valence-electron chi connectivity index (χ2n) is 5.43. The molecule has 0 saturated heterocycles. The summed E-state index contributed by atoms with van der Waals surface area (Å²) in [6.45, 7) is 0.707. The molecule has 2 aromatic carbocycles. The van der Waals surface area contributed by atoms with Crippen LogP contribution in [-0.2, 0) is 12.8 Å². The normalized spacial score (nSPS) is 16.7. The van der Waals surface area contributed by atoms with Crippen molar-refractivity contribution < 1.29 is 9.53 Å². The number of rotatable bonds is 3. The monoisotopic (exact) mass is 281 g/mol. The van der Waals surface area contributed by atoms with Crippen LogP contribution < -0.4 is 10.1 Å². The zero-order valence-electron chi connectivity index (χ0n) is 12.1. The summed E-state index contributed by atoms with van der Waals surface area (Å²) < 4.78 is 5.83. The minimum absolute atomic E-state index is 0.0253. The van der Waals surface area contributed by atoms with Crippen LogP contribution in [0, 0.1) is 5.92 Å². The maximum atomic E-state index is 11.9. The number of hydrogen-bond acceptors (Lipinski definition) is 2. The molecule has 1 aliphatic heterocycles. The van der Waals surface area contributed by atoms with Crippen LogP contribution >= 0.6 is 0 Å². The number of nitrogens with one attached hydrogen (secondary N) is 1. The molecule has 1 aliphatic rings. The van der Waals surface area contributed by atoms with Gasteiger partial charge in [0, 0.05) is 18.5 Å². The van der Waals surface area contributed by atoms with E-state index >= 15 is 0 Å². The molecule has 1 amide bonds. The lowest BCUT2D eigenvalue weighted by Gasteiger charge is -2.25. The number of amides is 1. The molecule has 1 heterocycles. The summed E-state index contributed by atoms with van der Waals surface area (Å²) in [4.78, 5) is 11.9. The lowest BCUT2D eigenvalue weighted by Crippen LogP contribution is -2.25. The van der Waals surface area contributed by atoms with Gasteiger partial charge in [-0.25, -0.2) is 0 Å². The van der Waals surface area contributed by atoms with E-state index in [1.807, 2.05) is 42.5 Å². The van der Waals surface area contributed by atoms with Crippen molar-refractivity contribution in [2.75, 3.05) is 13.7 Å². The summed E-state index contributed by atoms with van der Waals surface area (Å²) in [5.74, 6) is 1.38. The highest BCUT2D eigenvalue weighted by molar-refractivity contribution is 5.95. The molecule has 0 aliphatic carbocycles. The standard InChI is InChI=1S/C18H19NO2/c1-19-18(20)16-8-4-2-6-14(16)10-13-11-15-7-3-5-9-17(15)21-12-13/h2-9,13H,10-12H2,1H3,(H,19,20). The summed E-state index contributed by atoms with van der Waals surface area (Å²) in [5.41, 5.74) is 3.11. The molecule has 108 valence electrons.